The summed E-state index contributed by atoms with van der Waals surface area (Å²) in [5.74, 6) is 0.514. The van der Waals surface area contributed by atoms with Gasteiger partial charge >= 0.3 is 14.2 Å². The first-order chi connectivity index (χ1) is 30.7. The summed E-state index contributed by atoms with van der Waals surface area (Å²) in [5, 5.41) is 41.7. The lowest BCUT2D eigenvalue weighted by molar-refractivity contribution is 0.0992. The zero-order valence-electron chi connectivity index (χ0n) is 37.7. The van der Waals surface area contributed by atoms with Gasteiger partial charge in [0.2, 0.25) is 6.04 Å². The number of primary amides is 2. The Bertz CT molecular complexity index is 2560. The van der Waals surface area contributed by atoms with Crippen LogP contribution in [0.15, 0.2) is 64.2 Å². The van der Waals surface area contributed by atoms with E-state index in [1.54, 1.807) is 33.9 Å². The molecule has 2 saturated carbocycles. The summed E-state index contributed by atoms with van der Waals surface area (Å²) in [4.78, 5) is 26.8. The summed E-state index contributed by atoms with van der Waals surface area (Å²) >= 11 is 3.43. The second kappa shape index (κ2) is 20.0. The molecule has 65 heavy (non-hydrogen) atoms. The lowest BCUT2D eigenvalue weighted by atomic mass is 9.63. The van der Waals surface area contributed by atoms with Crippen molar-refractivity contribution in [1.29, 1.82) is 5.26 Å². The lowest BCUT2D eigenvalue weighted by Crippen LogP contribution is -2.34. The molecule has 0 radical (unpaired) electrons. The van der Waals surface area contributed by atoms with E-state index in [4.69, 9.17) is 33.1 Å². The molecule has 340 valence electrons. The zero-order chi connectivity index (χ0) is 47.4. The number of carbonyl (C=O) groups is 2. The second-order valence-electron chi connectivity index (χ2n) is 18.8. The smallest absolute Gasteiger partial charge is 0.532 e. The molecule has 16 nitrogen and oxygen atoms in total. The fourth-order valence-corrected chi connectivity index (χ4v) is 8.85. The van der Waals surface area contributed by atoms with Gasteiger partial charge in [0, 0.05) is 40.1 Å². The Kier molecular flexibility index (Phi) is 14.9. The molecule has 4 atom stereocenters. The minimum Gasteiger partial charge on any atom is -0.532 e. The number of rotatable bonds is 6. The van der Waals surface area contributed by atoms with Gasteiger partial charge in [-0.1, -0.05) is 88.9 Å². The number of carbonyl (C=O) groups excluding carboxylic acids is 2. The highest BCUT2D eigenvalue weighted by atomic mass is 79.9. The molecule has 2 unspecified atom stereocenters. The molecular formula is C46H57B2BrN10O6. The van der Waals surface area contributed by atoms with E-state index in [1.165, 1.54) is 0 Å². The van der Waals surface area contributed by atoms with Gasteiger partial charge < -0.3 is 46.7 Å². The number of nitrogens with one attached hydrogen (secondary N) is 1. The van der Waals surface area contributed by atoms with E-state index >= 15 is 0 Å². The largest absolute Gasteiger partial charge is 0.556 e. The number of hydrogen-bond acceptors (Lipinski definition) is 11. The summed E-state index contributed by atoms with van der Waals surface area (Å²) in [6.07, 6.45) is 14.8. The molecule has 2 fully saturated rings. The highest BCUT2D eigenvalue weighted by molar-refractivity contribution is 9.10. The first kappa shape index (κ1) is 48.4. The Morgan fingerprint density at radius 1 is 0.831 bits per heavy atom. The Hall–Kier alpha value is -6.01. The zero-order valence-corrected chi connectivity index (χ0v) is 39.3. The molecule has 4 aliphatic rings. The van der Waals surface area contributed by atoms with E-state index < -0.39 is 26.1 Å². The molecule has 2 aromatic carbocycles. The number of fused-ring (bicyclic) bond motifs is 2. The maximum Gasteiger partial charge on any atom is 0.556 e. The summed E-state index contributed by atoms with van der Waals surface area (Å²) < 4.78 is 15.5. The number of allylic oxidation sites excluding steroid dienone is 2. The quantitative estimate of drug-likeness (QED) is 0.0797. The van der Waals surface area contributed by atoms with Crippen LogP contribution in [0, 0.1) is 34.7 Å². The number of aromatic nitrogens is 4. The molecule has 8 rings (SSSR count). The van der Waals surface area contributed by atoms with Crippen molar-refractivity contribution in [1.82, 2.24) is 19.6 Å². The van der Waals surface area contributed by atoms with E-state index in [-0.39, 0.29) is 51.8 Å². The van der Waals surface area contributed by atoms with Gasteiger partial charge in [-0.3, -0.25) is 19.0 Å². The second-order valence-corrected chi connectivity index (χ2v) is 19.8. The van der Waals surface area contributed by atoms with Crippen LogP contribution < -0.4 is 31.8 Å². The van der Waals surface area contributed by atoms with Crippen LogP contribution >= 0.6 is 15.9 Å². The third-order valence-corrected chi connectivity index (χ3v) is 12.6. The molecule has 19 heteroatoms. The normalized spacial score (nSPS) is 20.2. The molecule has 0 bridgehead atoms. The monoisotopic (exact) mass is 946 g/mol. The molecule has 4 heterocycles. The van der Waals surface area contributed by atoms with Crippen molar-refractivity contribution in [2.24, 2.45) is 28.2 Å². The Labute approximate surface area is 389 Å². The van der Waals surface area contributed by atoms with Gasteiger partial charge in [0.15, 0.2) is 11.6 Å². The maximum absolute atomic E-state index is 12.1. The SMILES string of the molecule is CC(C)(C)C1=Cc2cc(Br)ccc2OB1O.CC(C)(C)C1=Cc2cc(Nc3nn(C4CCCC[C@@H]4C#N)cc3C(N)=O)ccc2OB1O.[C-]#[N+][C@H]1CCCCC1n1cc(C(N)=O)c(N)n1. The van der Waals surface area contributed by atoms with Crippen LogP contribution in [0.25, 0.3) is 17.0 Å². The number of benzene rings is 2. The van der Waals surface area contributed by atoms with Gasteiger partial charge in [-0.05, 0) is 83.9 Å². The fourth-order valence-electron chi connectivity index (χ4n) is 8.47. The van der Waals surface area contributed by atoms with Crippen LogP contribution in [0.4, 0.5) is 17.3 Å². The first-order valence-corrected chi connectivity index (χ1v) is 22.6. The third-order valence-electron chi connectivity index (χ3n) is 12.1. The predicted molar refractivity (Wildman–Crippen MR) is 256 cm³/mol. The third kappa shape index (κ3) is 11.5. The molecule has 2 amide bonds. The highest BCUT2D eigenvalue weighted by Crippen LogP contribution is 2.40. The minimum atomic E-state index is -0.984. The molecule has 2 aliphatic carbocycles. The van der Waals surface area contributed by atoms with Crippen molar-refractivity contribution in [3.63, 3.8) is 0 Å². The minimum absolute atomic E-state index is 0.0108. The van der Waals surface area contributed by atoms with E-state index in [1.807, 2.05) is 57.2 Å². The highest BCUT2D eigenvalue weighted by Gasteiger charge is 2.37. The topological polar surface area (TPSA) is 247 Å². The van der Waals surface area contributed by atoms with Crippen molar-refractivity contribution < 1.29 is 28.9 Å². The molecule has 0 saturated heterocycles. The number of halogens is 1. The molecule has 0 spiro atoms. The summed E-state index contributed by atoms with van der Waals surface area (Å²) in [5.41, 5.74) is 20.8. The van der Waals surface area contributed by atoms with Crippen LogP contribution in [-0.2, 0) is 0 Å². The number of nitrogens with two attached hydrogens (primary N) is 3. The van der Waals surface area contributed by atoms with Crippen molar-refractivity contribution in [3.8, 4) is 17.6 Å². The van der Waals surface area contributed by atoms with Crippen LogP contribution in [0.2, 0.25) is 0 Å². The van der Waals surface area contributed by atoms with Gasteiger partial charge in [-0.15, -0.1) is 0 Å². The number of amides is 2. The van der Waals surface area contributed by atoms with Gasteiger partial charge in [0.25, 0.3) is 11.8 Å². The number of nitrogen functional groups attached to an aromatic ring is 1. The van der Waals surface area contributed by atoms with Crippen molar-refractivity contribution in [3.05, 3.63) is 97.9 Å². The van der Waals surface area contributed by atoms with E-state index in [2.05, 4.69) is 63.1 Å². The van der Waals surface area contributed by atoms with Crippen molar-refractivity contribution >= 4 is 71.5 Å². The van der Waals surface area contributed by atoms with E-state index in [0.29, 0.717) is 17.3 Å². The van der Waals surface area contributed by atoms with Gasteiger partial charge in [-0.25, -0.2) is 6.57 Å². The average Bonchev–Trinajstić information content (AvgIpc) is 3.87. The Morgan fingerprint density at radius 3 is 1.91 bits per heavy atom. The van der Waals surface area contributed by atoms with Crippen molar-refractivity contribution in [2.75, 3.05) is 11.1 Å². The van der Waals surface area contributed by atoms with E-state index in [0.717, 1.165) is 83.7 Å². The number of nitrogens with zero attached hydrogens (tertiary/aromatic N) is 6. The Balaban J connectivity index is 0.000000178. The van der Waals surface area contributed by atoms with E-state index in [9.17, 15) is 24.9 Å². The van der Waals surface area contributed by atoms with Crippen LogP contribution in [0.5, 0.6) is 11.5 Å². The molecule has 2 aliphatic heterocycles. The fraction of sp³-hybridized carbons (Fsp3) is 0.435. The standard InChI is InChI=1S/C23H28BN5O3.C12H14BBrO2.C11H15N5O/c1-23(2,3)20-11-15-10-16(8-9-19(15)32-24(20)31)27-22-17(21(26)30)13-29(28-22)18-7-5-4-6-14(18)12-25;1-12(2,3)11-7-8-6-9(14)4-5-10(8)16-13(11)15;1-14-8-4-2-3-5-9(8)16-6-7(11(13)17)10(12)15-16/h8-11,13-14,18,31H,4-7H2,1-3H3,(H2,26,30)(H,27,28);4-7,15H,1-3H3;6,8-9H,2-5H2,(H2,12,15)(H2,13,17)/t14-,18?;;8-,9?/m1.0/s1. The number of hydrogen-bond donors (Lipinski definition) is 6. The maximum atomic E-state index is 12.1. The van der Waals surface area contributed by atoms with Gasteiger partial charge in [0.1, 0.15) is 28.7 Å². The first-order valence-electron chi connectivity index (χ1n) is 21.8. The van der Waals surface area contributed by atoms with Crippen molar-refractivity contribution in [2.45, 2.75) is 111 Å². The average molecular weight is 948 g/mol. The molecule has 4 aromatic rings. The summed E-state index contributed by atoms with van der Waals surface area (Å²) in [6.45, 7) is 19.4. The van der Waals surface area contributed by atoms with Crippen LogP contribution in [-0.4, -0.2) is 61.7 Å². The Morgan fingerprint density at radius 2 is 1.35 bits per heavy atom. The van der Waals surface area contributed by atoms with Gasteiger partial charge in [-0.2, -0.15) is 15.5 Å². The molecule has 9 N–H and O–H groups in total. The van der Waals surface area contributed by atoms with Crippen LogP contribution in [0.3, 0.4) is 0 Å². The summed E-state index contributed by atoms with van der Waals surface area (Å²) in [6, 6.07) is 13.4. The lowest BCUT2D eigenvalue weighted by Gasteiger charge is -2.29. The van der Waals surface area contributed by atoms with Gasteiger partial charge in [0.05, 0.1) is 18.0 Å². The molecular weight excluding hydrogens is 890 g/mol. The van der Waals surface area contributed by atoms with Crippen LogP contribution in [0.1, 0.15) is 137 Å². The number of anilines is 3. The molecule has 2 aromatic heterocycles. The predicted octanol–water partition coefficient (Wildman–Crippen LogP) is 8.08. The number of nitriles is 1. The summed E-state index contributed by atoms with van der Waals surface area (Å²) in [7, 11) is -1.82.